The maximum Gasteiger partial charge on any atom is 0.354 e. The highest BCUT2D eigenvalue weighted by atomic mass is 79.9. The first kappa shape index (κ1) is 10.2. The topological polar surface area (TPSA) is 42.1 Å². The molecule has 1 aromatic carbocycles. The molecule has 0 fully saturated rings. The van der Waals surface area contributed by atoms with E-state index < -0.39 is 0 Å². The van der Waals surface area contributed by atoms with Crippen LogP contribution in [0.5, 0.6) is 0 Å². The predicted molar refractivity (Wildman–Crippen MR) is 62.1 cm³/mol. The van der Waals surface area contributed by atoms with Crippen LogP contribution in [0.25, 0.3) is 10.9 Å². The minimum Gasteiger partial charge on any atom is -0.464 e. The van der Waals surface area contributed by atoms with Gasteiger partial charge in [-0.1, -0.05) is 15.9 Å². The molecule has 0 spiro atoms. The number of methoxy groups -OCH3 is 1. The van der Waals surface area contributed by atoms with E-state index in [1.54, 1.807) is 0 Å². The zero-order chi connectivity index (χ0) is 11.0. The Morgan fingerprint density at radius 1 is 1.47 bits per heavy atom. The Morgan fingerprint density at radius 3 is 2.87 bits per heavy atom. The quantitative estimate of drug-likeness (QED) is 0.808. The molecule has 0 radical (unpaired) electrons. The number of rotatable bonds is 1. The van der Waals surface area contributed by atoms with Crippen molar-refractivity contribution < 1.29 is 9.53 Å². The summed E-state index contributed by atoms with van der Waals surface area (Å²) < 4.78 is 5.69. The van der Waals surface area contributed by atoms with Gasteiger partial charge < -0.3 is 9.72 Å². The molecule has 0 unspecified atom stereocenters. The molecule has 0 saturated carbocycles. The fourth-order valence-electron chi connectivity index (χ4n) is 1.61. The summed E-state index contributed by atoms with van der Waals surface area (Å²) in [4.78, 5) is 14.5. The Balaban J connectivity index is 2.69. The number of H-pyrrole nitrogens is 1. The smallest absolute Gasteiger partial charge is 0.354 e. The molecule has 1 heterocycles. The van der Waals surface area contributed by atoms with Crippen LogP contribution in [0.3, 0.4) is 0 Å². The normalized spacial score (nSPS) is 10.6. The average molecular weight is 268 g/mol. The van der Waals surface area contributed by atoms with Crippen molar-refractivity contribution in [2.45, 2.75) is 6.92 Å². The fourth-order valence-corrected chi connectivity index (χ4v) is 1.97. The van der Waals surface area contributed by atoms with E-state index in [1.807, 2.05) is 25.1 Å². The molecule has 0 saturated heterocycles. The van der Waals surface area contributed by atoms with Gasteiger partial charge in [-0.15, -0.1) is 0 Å². The van der Waals surface area contributed by atoms with Crippen molar-refractivity contribution in [3.63, 3.8) is 0 Å². The van der Waals surface area contributed by atoms with Gasteiger partial charge in [-0.25, -0.2) is 4.79 Å². The lowest BCUT2D eigenvalue weighted by molar-refractivity contribution is 0.0594. The first-order chi connectivity index (χ1) is 7.13. The molecule has 0 aliphatic carbocycles. The Kier molecular flexibility index (Phi) is 2.52. The number of ether oxygens (including phenoxy) is 1. The molecule has 15 heavy (non-hydrogen) atoms. The van der Waals surface area contributed by atoms with Gasteiger partial charge in [0.1, 0.15) is 5.69 Å². The van der Waals surface area contributed by atoms with Crippen LogP contribution in [0.1, 0.15) is 16.1 Å². The highest BCUT2D eigenvalue weighted by molar-refractivity contribution is 9.10. The van der Waals surface area contributed by atoms with E-state index in [0.29, 0.717) is 5.69 Å². The summed E-state index contributed by atoms with van der Waals surface area (Å²) in [6, 6.07) is 5.84. The number of carbonyl (C=O) groups excluding carboxylic acids is 1. The van der Waals surface area contributed by atoms with Crippen LogP contribution in [-0.4, -0.2) is 18.1 Å². The van der Waals surface area contributed by atoms with Gasteiger partial charge >= 0.3 is 5.97 Å². The summed E-state index contributed by atoms with van der Waals surface area (Å²) in [5.74, 6) is -0.333. The molecule has 0 amide bonds. The minimum atomic E-state index is -0.333. The molecule has 0 aliphatic rings. The van der Waals surface area contributed by atoms with Gasteiger partial charge in [0.15, 0.2) is 0 Å². The van der Waals surface area contributed by atoms with E-state index in [2.05, 4.69) is 20.9 Å². The number of hydrogen-bond acceptors (Lipinski definition) is 2. The second-order valence-corrected chi connectivity index (χ2v) is 4.22. The zero-order valence-corrected chi connectivity index (χ0v) is 10.0. The lowest BCUT2D eigenvalue weighted by Crippen LogP contribution is -2.02. The maximum absolute atomic E-state index is 11.4. The van der Waals surface area contributed by atoms with E-state index in [9.17, 15) is 4.79 Å². The average Bonchev–Trinajstić information content (AvgIpc) is 2.55. The largest absolute Gasteiger partial charge is 0.464 e. The number of halogens is 1. The zero-order valence-electron chi connectivity index (χ0n) is 8.43. The van der Waals surface area contributed by atoms with Gasteiger partial charge in [0.2, 0.25) is 0 Å². The van der Waals surface area contributed by atoms with Gasteiger partial charge in [0, 0.05) is 15.4 Å². The molecular weight excluding hydrogens is 258 g/mol. The van der Waals surface area contributed by atoms with Crippen molar-refractivity contribution in [3.05, 3.63) is 33.9 Å². The van der Waals surface area contributed by atoms with Crippen molar-refractivity contribution in [1.29, 1.82) is 0 Å². The summed E-state index contributed by atoms with van der Waals surface area (Å²) >= 11 is 3.40. The van der Waals surface area contributed by atoms with E-state index in [4.69, 9.17) is 4.74 Å². The van der Waals surface area contributed by atoms with Crippen LogP contribution in [0.15, 0.2) is 22.7 Å². The number of esters is 1. The highest BCUT2D eigenvalue weighted by Crippen LogP contribution is 2.25. The molecule has 1 N–H and O–H groups in total. The predicted octanol–water partition coefficient (Wildman–Crippen LogP) is 3.03. The Hall–Kier alpha value is -1.29. The van der Waals surface area contributed by atoms with Crippen molar-refractivity contribution >= 4 is 32.8 Å². The van der Waals surface area contributed by atoms with Gasteiger partial charge in [-0.3, -0.25) is 0 Å². The number of aromatic amines is 1. The van der Waals surface area contributed by atoms with Crippen LogP contribution in [0.4, 0.5) is 0 Å². The standard InChI is InChI=1S/C11H10BrNO2/c1-6-8-5-7(12)3-4-9(8)13-10(6)11(14)15-2/h3-5,13H,1-2H3. The van der Waals surface area contributed by atoms with Crippen LogP contribution >= 0.6 is 15.9 Å². The van der Waals surface area contributed by atoms with Crippen molar-refractivity contribution in [1.82, 2.24) is 4.98 Å². The third-order valence-corrected chi connectivity index (χ3v) is 2.90. The van der Waals surface area contributed by atoms with E-state index in [1.165, 1.54) is 7.11 Å². The second-order valence-electron chi connectivity index (χ2n) is 3.31. The summed E-state index contributed by atoms with van der Waals surface area (Å²) in [6.45, 7) is 1.90. The Bertz CT molecular complexity index is 531. The molecule has 4 heteroatoms. The monoisotopic (exact) mass is 267 g/mol. The molecule has 1 aromatic heterocycles. The van der Waals surface area contributed by atoms with Crippen molar-refractivity contribution in [3.8, 4) is 0 Å². The fraction of sp³-hybridized carbons (Fsp3) is 0.182. The van der Waals surface area contributed by atoms with Crippen molar-refractivity contribution in [2.75, 3.05) is 7.11 Å². The molecule has 3 nitrogen and oxygen atoms in total. The lowest BCUT2D eigenvalue weighted by atomic mass is 10.1. The van der Waals surface area contributed by atoms with Crippen molar-refractivity contribution in [2.24, 2.45) is 0 Å². The lowest BCUT2D eigenvalue weighted by Gasteiger charge is -1.96. The molecule has 2 aromatic rings. The number of nitrogens with one attached hydrogen (secondary N) is 1. The Morgan fingerprint density at radius 2 is 2.20 bits per heavy atom. The first-order valence-electron chi connectivity index (χ1n) is 4.49. The number of benzene rings is 1. The summed E-state index contributed by atoms with van der Waals surface area (Å²) in [5.41, 5.74) is 2.37. The molecule has 0 aliphatic heterocycles. The van der Waals surface area contributed by atoms with Gasteiger partial charge in [0.05, 0.1) is 7.11 Å². The molecule has 78 valence electrons. The molecule has 0 bridgehead atoms. The number of aryl methyl sites for hydroxylation is 1. The van der Waals surface area contributed by atoms with E-state index >= 15 is 0 Å². The van der Waals surface area contributed by atoms with E-state index in [-0.39, 0.29) is 5.97 Å². The molecule has 0 atom stereocenters. The van der Waals surface area contributed by atoms with Crippen LogP contribution in [0.2, 0.25) is 0 Å². The maximum atomic E-state index is 11.4. The highest BCUT2D eigenvalue weighted by Gasteiger charge is 2.14. The minimum absolute atomic E-state index is 0.333. The molecule has 2 rings (SSSR count). The third kappa shape index (κ3) is 1.65. The first-order valence-corrected chi connectivity index (χ1v) is 5.29. The van der Waals surface area contributed by atoms with E-state index in [0.717, 1.165) is 20.9 Å². The summed E-state index contributed by atoms with van der Waals surface area (Å²) in [6.07, 6.45) is 0. The second kappa shape index (κ2) is 3.70. The number of hydrogen-bond donors (Lipinski definition) is 1. The van der Waals surface area contributed by atoms with Gasteiger partial charge in [-0.2, -0.15) is 0 Å². The number of fused-ring (bicyclic) bond motifs is 1. The molecular formula is C11H10BrNO2. The third-order valence-electron chi connectivity index (χ3n) is 2.41. The number of aromatic nitrogens is 1. The summed E-state index contributed by atoms with van der Waals surface area (Å²) in [5, 5.41) is 1.03. The van der Waals surface area contributed by atoms with Crippen LogP contribution in [-0.2, 0) is 4.74 Å². The Labute approximate surface area is 95.6 Å². The van der Waals surface area contributed by atoms with Gasteiger partial charge in [-0.05, 0) is 30.7 Å². The van der Waals surface area contributed by atoms with Gasteiger partial charge in [0.25, 0.3) is 0 Å². The summed E-state index contributed by atoms with van der Waals surface area (Å²) in [7, 11) is 1.38. The van der Waals surface area contributed by atoms with Crippen LogP contribution < -0.4 is 0 Å². The van der Waals surface area contributed by atoms with Crippen LogP contribution in [0, 0.1) is 6.92 Å². The number of carbonyl (C=O) groups is 1. The SMILES string of the molecule is COC(=O)c1[nH]c2ccc(Br)cc2c1C.